The number of rotatable bonds is 12. The molecule has 0 unspecified atom stereocenters. The maximum atomic E-state index is 11.8. The first-order valence-electron chi connectivity index (χ1n) is 8.64. The van der Waals surface area contributed by atoms with Gasteiger partial charge in [-0.3, -0.25) is 9.36 Å². The molecule has 1 N–H and O–H groups in total. The van der Waals surface area contributed by atoms with Crippen molar-refractivity contribution in [2.45, 2.75) is 53.4 Å². The number of hydrogen-bond donors (Lipinski definition) is 1. The van der Waals surface area contributed by atoms with Gasteiger partial charge in [-0.1, -0.05) is 34.9 Å². The number of hydrogen-bond acceptors (Lipinski definition) is 4. The molecule has 0 atom stereocenters. The minimum atomic E-state index is -3.29. The van der Waals surface area contributed by atoms with E-state index in [-0.39, 0.29) is 12.1 Å². The molecule has 0 aliphatic rings. The van der Waals surface area contributed by atoms with Gasteiger partial charge in [0, 0.05) is 20.8 Å². The standard InChI is InChI=1S/C19H34NO4P/c1-16(2)9-7-10-17(3)11-8-12-18(4)13-14-20-19(21)15-25(22,23-5)24-6/h9,11,13H,7-8,10,12,14-15H2,1-6H3,(H,20,21). The minimum absolute atomic E-state index is 0.263. The molecule has 0 spiro atoms. The molecule has 0 rings (SSSR count). The molecule has 0 fully saturated rings. The van der Waals surface area contributed by atoms with Crippen molar-refractivity contribution in [2.75, 3.05) is 26.9 Å². The van der Waals surface area contributed by atoms with Gasteiger partial charge in [0.1, 0.15) is 6.16 Å². The highest BCUT2D eigenvalue weighted by atomic mass is 31.2. The number of nitrogens with one attached hydrogen (secondary N) is 1. The fraction of sp³-hybridized carbons (Fsp3) is 0.632. The zero-order valence-corrected chi connectivity index (χ0v) is 17.4. The van der Waals surface area contributed by atoms with Crippen molar-refractivity contribution in [2.24, 2.45) is 0 Å². The lowest BCUT2D eigenvalue weighted by atomic mass is 10.1. The van der Waals surface area contributed by atoms with Crippen molar-refractivity contribution in [1.82, 2.24) is 5.32 Å². The molecule has 0 heterocycles. The van der Waals surface area contributed by atoms with Crippen LogP contribution in [0.4, 0.5) is 0 Å². The normalized spacial score (nSPS) is 12.9. The highest BCUT2D eigenvalue weighted by Gasteiger charge is 2.24. The summed E-state index contributed by atoms with van der Waals surface area (Å²) < 4.78 is 21.3. The molecule has 25 heavy (non-hydrogen) atoms. The Hall–Kier alpha value is -1.16. The fourth-order valence-electron chi connectivity index (χ4n) is 2.11. The second-order valence-corrected chi connectivity index (χ2v) is 8.67. The third kappa shape index (κ3) is 12.8. The number of allylic oxidation sites excluding steroid dienone is 5. The predicted octanol–water partition coefficient (Wildman–Crippen LogP) is 5.01. The topological polar surface area (TPSA) is 64.6 Å². The van der Waals surface area contributed by atoms with Crippen molar-refractivity contribution in [3.05, 3.63) is 34.9 Å². The van der Waals surface area contributed by atoms with E-state index < -0.39 is 7.60 Å². The molecule has 0 radical (unpaired) electrons. The third-order valence-corrected chi connectivity index (χ3v) is 5.55. The van der Waals surface area contributed by atoms with Crippen LogP contribution in [0.15, 0.2) is 34.9 Å². The smallest absolute Gasteiger partial charge is 0.339 e. The summed E-state index contributed by atoms with van der Waals surface area (Å²) in [5.74, 6) is -0.342. The average molecular weight is 371 g/mol. The summed E-state index contributed by atoms with van der Waals surface area (Å²) in [7, 11) is -0.741. The van der Waals surface area contributed by atoms with Crippen LogP contribution in [0.25, 0.3) is 0 Å². The van der Waals surface area contributed by atoms with Crippen molar-refractivity contribution in [1.29, 1.82) is 0 Å². The first-order valence-corrected chi connectivity index (χ1v) is 10.4. The van der Waals surface area contributed by atoms with Gasteiger partial charge in [-0.25, -0.2) is 0 Å². The summed E-state index contributed by atoms with van der Waals surface area (Å²) in [6, 6.07) is 0. The molecule has 0 aliphatic carbocycles. The molecule has 5 nitrogen and oxygen atoms in total. The van der Waals surface area contributed by atoms with Gasteiger partial charge in [-0.15, -0.1) is 0 Å². The lowest BCUT2D eigenvalue weighted by Crippen LogP contribution is -2.27. The van der Waals surface area contributed by atoms with Crippen molar-refractivity contribution >= 4 is 13.5 Å². The summed E-state index contributed by atoms with van der Waals surface area (Å²) >= 11 is 0. The van der Waals surface area contributed by atoms with Crippen LogP contribution in [0.1, 0.15) is 53.4 Å². The van der Waals surface area contributed by atoms with E-state index in [0.717, 1.165) is 25.7 Å². The zero-order valence-electron chi connectivity index (χ0n) is 16.6. The largest absolute Gasteiger partial charge is 0.352 e. The predicted molar refractivity (Wildman–Crippen MR) is 105 cm³/mol. The summed E-state index contributed by atoms with van der Waals surface area (Å²) in [5.41, 5.74) is 3.99. The Bertz CT molecular complexity index is 538. The van der Waals surface area contributed by atoms with E-state index in [1.165, 1.54) is 30.9 Å². The van der Waals surface area contributed by atoms with Crippen LogP contribution in [-0.2, 0) is 18.4 Å². The van der Waals surface area contributed by atoms with E-state index in [1.807, 2.05) is 13.0 Å². The first kappa shape index (κ1) is 23.8. The quantitative estimate of drug-likeness (QED) is 0.387. The Morgan fingerprint density at radius 1 is 0.920 bits per heavy atom. The van der Waals surface area contributed by atoms with Gasteiger partial charge >= 0.3 is 7.60 Å². The molecule has 0 aromatic heterocycles. The van der Waals surface area contributed by atoms with E-state index in [1.54, 1.807) is 0 Å². The molecule has 6 heteroatoms. The molecule has 0 aromatic carbocycles. The van der Waals surface area contributed by atoms with E-state index in [0.29, 0.717) is 6.54 Å². The number of amides is 1. The number of carbonyl (C=O) groups excluding carboxylic acids is 1. The molecule has 144 valence electrons. The third-order valence-electron chi connectivity index (χ3n) is 3.77. The SMILES string of the molecule is COP(=O)(CC(=O)NCC=C(C)CCC=C(C)CCC=C(C)C)OC. The van der Waals surface area contributed by atoms with E-state index in [2.05, 4.69) is 38.2 Å². The van der Waals surface area contributed by atoms with Crippen LogP contribution >= 0.6 is 7.60 Å². The molecular formula is C19H34NO4P. The Morgan fingerprint density at radius 3 is 1.96 bits per heavy atom. The second-order valence-electron chi connectivity index (χ2n) is 6.40. The zero-order chi connectivity index (χ0) is 19.3. The Balaban J connectivity index is 4.11. The van der Waals surface area contributed by atoms with Gasteiger partial charge in [0.25, 0.3) is 0 Å². The fourth-order valence-corrected chi connectivity index (χ4v) is 2.98. The van der Waals surface area contributed by atoms with Crippen LogP contribution in [0.2, 0.25) is 0 Å². The molecular weight excluding hydrogens is 337 g/mol. The summed E-state index contributed by atoms with van der Waals surface area (Å²) in [6.45, 7) is 8.88. The van der Waals surface area contributed by atoms with Gasteiger partial charge in [-0.2, -0.15) is 0 Å². The lowest BCUT2D eigenvalue weighted by Gasteiger charge is -2.12. The molecule has 1 amide bonds. The molecule has 0 bridgehead atoms. The maximum absolute atomic E-state index is 11.8. The highest BCUT2D eigenvalue weighted by Crippen LogP contribution is 2.45. The highest BCUT2D eigenvalue weighted by molar-refractivity contribution is 7.54. The van der Waals surface area contributed by atoms with E-state index in [4.69, 9.17) is 9.05 Å². The molecule has 0 aliphatic heterocycles. The second kappa shape index (κ2) is 13.1. The average Bonchev–Trinajstić information content (AvgIpc) is 2.54. The van der Waals surface area contributed by atoms with Crippen molar-refractivity contribution in [3.8, 4) is 0 Å². The van der Waals surface area contributed by atoms with Crippen LogP contribution in [-0.4, -0.2) is 32.8 Å². The Kier molecular flexibility index (Phi) is 12.5. The van der Waals surface area contributed by atoms with Crippen molar-refractivity contribution in [3.63, 3.8) is 0 Å². The molecule has 0 saturated heterocycles. The summed E-state index contributed by atoms with van der Waals surface area (Å²) in [6.07, 6.45) is 10.4. The first-order chi connectivity index (χ1) is 11.7. The van der Waals surface area contributed by atoms with Crippen molar-refractivity contribution < 1.29 is 18.4 Å². The van der Waals surface area contributed by atoms with Gasteiger partial charge in [-0.05, 0) is 53.4 Å². The monoisotopic (exact) mass is 371 g/mol. The van der Waals surface area contributed by atoms with Gasteiger partial charge in [0.2, 0.25) is 5.91 Å². The number of carbonyl (C=O) groups is 1. The van der Waals surface area contributed by atoms with Crippen LogP contribution in [0.5, 0.6) is 0 Å². The summed E-state index contributed by atoms with van der Waals surface area (Å²) in [5, 5.41) is 2.71. The van der Waals surface area contributed by atoms with Gasteiger partial charge in [0.05, 0.1) is 0 Å². The van der Waals surface area contributed by atoms with Gasteiger partial charge < -0.3 is 14.4 Å². The minimum Gasteiger partial charge on any atom is -0.352 e. The van der Waals surface area contributed by atoms with Gasteiger partial charge in [0.15, 0.2) is 0 Å². The van der Waals surface area contributed by atoms with Crippen LogP contribution in [0, 0.1) is 0 Å². The van der Waals surface area contributed by atoms with Crippen LogP contribution < -0.4 is 5.32 Å². The molecule has 0 saturated carbocycles. The summed E-state index contributed by atoms with van der Waals surface area (Å²) in [4.78, 5) is 11.7. The Labute approximate surface area is 153 Å². The van der Waals surface area contributed by atoms with E-state index in [9.17, 15) is 9.36 Å². The maximum Gasteiger partial charge on any atom is 0.339 e. The molecule has 0 aromatic rings. The Morgan fingerprint density at radius 2 is 1.44 bits per heavy atom. The van der Waals surface area contributed by atoms with Crippen LogP contribution in [0.3, 0.4) is 0 Å². The van der Waals surface area contributed by atoms with E-state index >= 15 is 0 Å². The lowest BCUT2D eigenvalue weighted by molar-refractivity contribution is -0.118.